The second-order valence-electron chi connectivity index (χ2n) is 10.2. The number of anilines is 1. The van der Waals surface area contributed by atoms with Crippen LogP contribution in [0.5, 0.6) is 5.88 Å². The van der Waals surface area contributed by atoms with E-state index in [1.807, 2.05) is 52.1 Å². The molecule has 0 saturated carbocycles. The third-order valence-corrected chi connectivity index (χ3v) is 7.15. The second kappa shape index (κ2) is 10.5. The number of carbonyl (C=O) groups is 1. The van der Waals surface area contributed by atoms with Crippen molar-refractivity contribution >= 4 is 11.6 Å². The van der Waals surface area contributed by atoms with Gasteiger partial charge in [0.15, 0.2) is 0 Å². The van der Waals surface area contributed by atoms with Crippen LogP contribution >= 0.6 is 0 Å². The molecule has 2 N–H and O–H groups in total. The van der Waals surface area contributed by atoms with Gasteiger partial charge in [-0.05, 0) is 82.7 Å². The Kier molecular flexibility index (Phi) is 7.90. The standard InChI is InChI=1S/C29H38N4O2/c1-9-17(3)19(5)24-26(25-20(6)18(4)15-31-28(25)35-10-2)22-12-11-21(14-30)13-23(22)32-16-29(7,8)33-27(24)34/h11-13,15,17,26,32H,9-10,16H2,1-8H3,(H,33,34)/b24-19+. The Morgan fingerprint density at radius 2 is 2.03 bits per heavy atom. The number of amides is 1. The topological polar surface area (TPSA) is 87.0 Å². The molecule has 2 unspecified atom stereocenters. The number of nitriles is 1. The van der Waals surface area contributed by atoms with Gasteiger partial charge in [0.2, 0.25) is 11.8 Å². The Labute approximate surface area is 209 Å². The van der Waals surface area contributed by atoms with E-state index in [1.165, 1.54) is 0 Å². The maximum absolute atomic E-state index is 14.1. The number of benzene rings is 1. The van der Waals surface area contributed by atoms with Crippen molar-refractivity contribution in [1.82, 2.24) is 10.3 Å². The lowest BCUT2D eigenvalue weighted by Crippen LogP contribution is -2.49. The lowest BCUT2D eigenvalue weighted by atomic mass is 9.77. The highest BCUT2D eigenvalue weighted by atomic mass is 16.5. The van der Waals surface area contributed by atoms with E-state index < -0.39 is 11.5 Å². The quantitative estimate of drug-likeness (QED) is 0.536. The number of carbonyl (C=O) groups excluding carboxylic acids is 1. The summed E-state index contributed by atoms with van der Waals surface area (Å²) in [5, 5.41) is 16.4. The lowest BCUT2D eigenvalue weighted by molar-refractivity contribution is -0.119. The molecule has 186 valence electrons. The number of pyridine rings is 1. The number of fused-ring (bicyclic) bond motifs is 1. The van der Waals surface area contributed by atoms with Gasteiger partial charge in [-0.2, -0.15) is 5.26 Å². The number of nitrogens with one attached hydrogen (secondary N) is 2. The summed E-state index contributed by atoms with van der Waals surface area (Å²) in [5.74, 6) is 0.254. The van der Waals surface area contributed by atoms with Gasteiger partial charge in [-0.1, -0.05) is 25.5 Å². The predicted molar refractivity (Wildman–Crippen MR) is 141 cm³/mol. The first kappa shape index (κ1) is 26.3. The molecule has 2 heterocycles. The Bertz CT molecular complexity index is 1190. The van der Waals surface area contributed by atoms with Crippen LogP contribution in [0.1, 0.15) is 81.7 Å². The molecular formula is C29H38N4O2. The maximum atomic E-state index is 14.1. The van der Waals surface area contributed by atoms with Crippen molar-refractivity contribution in [2.24, 2.45) is 5.92 Å². The normalized spacial score (nSPS) is 19.6. The second-order valence-corrected chi connectivity index (χ2v) is 10.2. The molecule has 1 aliphatic heterocycles. The summed E-state index contributed by atoms with van der Waals surface area (Å²) in [6, 6.07) is 7.93. The average molecular weight is 475 g/mol. The van der Waals surface area contributed by atoms with E-state index in [0.29, 0.717) is 24.6 Å². The molecule has 1 amide bonds. The van der Waals surface area contributed by atoms with E-state index in [1.54, 1.807) is 0 Å². The van der Waals surface area contributed by atoms with E-state index in [4.69, 9.17) is 4.74 Å². The zero-order valence-corrected chi connectivity index (χ0v) is 22.3. The molecule has 2 atom stereocenters. The largest absolute Gasteiger partial charge is 0.478 e. The van der Waals surface area contributed by atoms with E-state index in [2.05, 4.69) is 49.4 Å². The van der Waals surface area contributed by atoms with Gasteiger partial charge in [-0.3, -0.25) is 4.79 Å². The molecule has 0 fully saturated rings. The summed E-state index contributed by atoms with van der Waals surface area (Å²) in [6.07, 6.45) is 2.74. The van der Waals surface area contributed by atoms with E-state index in [0.717, 1.165) is 45.5 Å². The van der Waals surface area contributed by atoms with Crippen molar-refractivity contribution in [1.29, 1.82) is 5.26 Å². The SMILES string of the molecule is CCOc1ncc(C)c(C)c1C1/C(=C(/C)C(C)CC)C(=O)NC(C)(C)CNc2cc(C#N)ccc21. The molecule has 35 heavy (non-hydrogen) atoms. The molecule has 6 nitrogen and oxygen atoms in total. The number of rotatable bonds is 5. The van der Waals surface area contributed by atoms with Crippen molar-refractivity contribution < 1.29 is 9.53 Å². The van der Waals surface area contributed by atoms with Crippen molar-refractivity contribution in [3.63, 3.8) is 0 Å². The fraction of sp³-hybridized carbons (Fsp3) is 0.483. The molecule has 0 saturated heterocycles. The number of aryl methyl sites for hydroxylation is 1. The minimum Gasteiger partial charge on any atom is -0.478 e. The molecule has 3 rings (SSSR count). The number of nitrogens with zero attached hydrogens (tertiary/aromatic N) is 2. The highest BCUT2D eigenvalue weighted by Crippen LogP contribution is 2.45. The molecule has 0 bridgehead atoms. The number of hydrogen-bond donors (Lipinski definition) is 2. The molecular weight excluding hydrogens is 436 g/mol. The van der Waals surface area contributed by atoms with Gasteiger partial charge < -0.3 is 15.4 Å². The molecule has 6 heteroatoms. The summed E-state index contributed by atoms with van der Waals surface area (Å²) in [7, 11) is 0. The van der Waals surface area contributed by atoms with E-state index >= 15 is 0 Å². The average Bonchev–Trinajstić information content (AvgIpc) is 2.86. The predicted octanol–water partition coefficient (Wildman–Crippen LogP) is 5.78. The van der Waals surface area contributed by atoms with Crippen LogP contribution in [0, 0.1) is 31.1 Å². The fourth-order valence-corrected chi connectivity index (χ4v) is 4.62. The third-order valence-electron chi connectivity index (χ3n) is 7.15. The van der Waals surface area contributed by atoms with E-state index in [-0.39, 0.29) is 11.8 Å². The first-order chi connectivity index (χ1) is 16.5. The van der Waals surface area contributed by atoms with Crippen LogP contribution in [0.15, 0.2) is 35.5 Å². The summed E-state index contributed by atoms with van der Waals surface area (Å²) >= 11 is 0. The molecule has 0 spiro atoms. The smallest absolute Gasteiger partial charge is 0.248 e. The molecule has 1 aliphatic rings. The van der Waals surface area contributed by atoms with E-state index in [9.17, 15) is 10.1 Å². The lowest BCUT2D eigenvalue weighted by Gasteiger charge is -2.30. The fourth-order valence-electron chi connectivity index (χ4n) is 4.62. The van der Waals surface area contributed by atoms with Crippen molar-refractivity contribution in [3.8, 4) is 11.9 Å². The Morgan fingerprint density at radius 1 is 1.31 bits per heavy atom. The Morgan fingerprint density at radius 3 is 2.66 bits per heavy atom. The zero-order chi connectivity index (χ0) is 25.9. The minimum atomic E-state index is -0.504. The van der Waals surface area contributed by atoms with Gasteiger partial charge in [-0.25, -0.2) is 4.98 Å². The zero-order valence-electron chi connectivity index (χ0n) is 22.3. The van der Waals surface area contributed by atoms with Crippen LogP contribution in [-0.4, -0.2) is 29.6 Å². The summed E-state index contributed by atoms with van der Waals surface area (Å²) < 4.78 is 6.04. The third kappa shape index (κ3) is 5.35. The number of allylic oxidation sites excluding steroid dienone is 1. The Balaban J connectivity index is 2.50. The highest BCUT2D eigenvalue weighted by molar-refractivity contribution is 5.98. The number of ether oxygens (including phenoxy) is 1. The van der Waals surface area contributed by atoms with Crippen molar-refractivity contribution in [2.45, 2.75) is 73.3 Å². The van der Waals surface area contributed by atoms with Crippen molar-refractivity contribution in [2.75, 3.05) is 18.5 Å². The van der Waals surface area contributed by atoms with Crippen LogP contribution in [0.2, 0.25) is 0 Å². The Hall–Kier alpha value is -3.33. The van der Waals surface area contributed by atoms with Gasteiger partial charge in [0.05, 0.1) is 23.8 Å². The van der Waals surface area contributed by atoms with Gasteiger partial charge in [0, 0.05) is 35.5 Å². The molecule has 1 aromatic heterocycles. The molecule has 2 aromatic rings. The van der Waals surface area contributed by atoms with Gasteiger partial charge in [0.25, 0.3) is 0 Å². The summed E-state index contributed by atoms with van der Waals surface area (Å²) in [4.78, 5) is 18.7. The van der Waals surface area contributed by atoms with Crippen LogP contribution in [-0.2, 0) is 4.79 Å². The summed E-state index contributed by atoms with van der Waals surface area (Å²) in [6.45, 7) is 17.4. The van der Waals surface area contributed by atoms with Gasteiger partial charge >= 0.3 is 0 Å². The minimum absolute atomic E-state index is 0.0832. The first-order valence-corrected chi connectivity index (χ1v) is 12.4. The van der Waals surface area contributed by atoms with Gasteiger partial charge in [-0.15, -0.1) is 0 Å². The molecule has 0 radical (unpaired) electrons. The van der Waals surface area contributed by atoms with Crippen LogP contribution in [0.3, 0.4) is 0 Å². The first-order valence-electron chi connectivity index (χ1n) is 12.4. The van der Waals surface area contributed by atoms with Gasteiger partial charge in [0.1, 0.15) is 0 Å². The molecule has 1 aromatic carbocycles. The number of hydrogen-bond acceptors (Lipinski definition) is 5. The maximum Gasteiger partial charge on any atom is 0.248 e. The number of aromatic nitrogens is 1. The van der Waals surface area contributed by atoms with Crippen LogP contribution < -0.4 is 15.4 Å². The highest BCUT2D eigenvalue weighted by Gasteiger charge is 2.37. The van der Waals surface area contributed by atoms with Crippen LogP contribution in [0.4, 0.5) is 5.69 Å². The monoisotopic (exact) mass is 474 g/mol. The summed E-state index contributed by atoms with van der Waals surface area (Å²) in [5.41, 5.74) is 6.59. The van der Waals surface area contributed by atoms with Crippen LogP contribution in [0.25, 0.3) is 0 Å². The molecule has 0 aliphatic carbocycles. The van der Waals surface area contributed by atoms with Crippen molar-refractivity contribution in [3.05, 3.63) is 63.4 Å².